The number of rotatable bonds is 0. The van der Waals surface area contributed by atoms with Crippen LogP contribution < -0.4 is 0 Å². The van der Waals surface area contributed by atoms with Gasteiger partial charge in [0.25, 0.3) is 0 Å². The van der Waals surface area contributed by atoms with Crippen molar-refractivity contribution < 1.29 is 17.9 Å². The van der Waals surface area contributed by atoms with Gasteiger partial charge < -0.3 is 4.74 Å². The van der Waals surface area contributed by atoms with Crippen molar-refractivity contribution in [2.45, 2.75) is 12.2 Å². The lowest BCUT2D eigenvalue weighted by Crippen LogP contribution is -2.27. The minimum atomic E-state index is -4.24. The van der Waals surface area contributed by atoms with Crippen molar-refractivity contribution in [2.24, 2.45) is 4.99 Å². The molecule has 1 rings (SSSR count). The third-order valence-electron chi connectivity index (χ3n) is 0.947. The molecule has 0 saturated heterocycles. The quantitative estimate of drug-likeness (QED) is 0.490. The highest BCUT2D eigenvalue weighted by Crippen LogP contribution is 2.24. The van der Waals surface area contributed by atoms with E-state index < -0.39 is 12.2 Å². The summed E-state index contributed by atoms with van der Waals surface area (Å²) in [6, 6.07) is -1.64. The molecular formula is C4H4F3NO. The molecular weight excluding hydrogens is 135 g/mol. The van der Waals surface area contributed by atoms with Gasteiger partial charge in [0.15, 0.2) is 12.4 Å². The first-order valence-electron chi connectivity index (χ1n) is 2.30. The highest BCUT2D eigenvalue weighted by atomic mass is 19.4. The van der Waals surface area contributed by atoms with Crippen LogP contribution in [0.5, 0.6) is 0 Å². The van der Waals surface area contributed by atoms with Gasteiger partial charge in [-0.15, -0.1) is 0 Å². The molecule has 2 nitrogen and oxygen atoms in total. The van der Waals surface area contributed by atoms with Crippen molar-refractivity contribution in [2.75, 3.05) is 6.61 Å². The lowest BCUT2D eigenvalue weighted by atomic mass is 10.3. The van der Waals surface area contributed by atoms with Crippen LogP contribution in [0.4, 0.5) is 13.2 Å². The summed E-state index contributed by atoms with van der Waals surface area (Å²) in [4.78, 5) is 3.03. The average Bonchev–Trinajstić information content (AvgIpc) is 2.08. The molecule has 0 amide bonds. The number of hydrogen-bond donors (Lipinski definition) is 0. The van der Waals surface area contributed by atoms with Crippen LogP contribution in [0.15, 0.2) is 4.99 Å². The second kappa shape index (κ2) is 1.89. The fraction of sp³-hybridized carbons (Fsp3) is 0.750. The second-order valence-corrected chi connectivity index (χ2v) is 1.65. The Labute approximate surface area is 49.3 Å². The minimum absolute atomic E-state index is 0.372. The number of ether oxygens (including phenoxy) is 1. The zero-order chi connectivity index (χ0) is 6.91. The van der Waals surface area contributed by atoms with Gasteiger partial charge in [0.1, 0.15) is 6.61 Å². The number of nitrogens with zero attached hydrogens (tertiary/aromatic N) is 1. The predicted molar refractivity (Wildman–Crippen MR) is 24.3 cm³/mol. The molecule has 1 unspecified atom stereocenters. The van der Waals surface area contributed by atoms with Crippen molar-refractivity contribution >= 4 is 6.40 Å². The van der Waals surface area contributed by atoms with Gasteiger partial charge in [0.05, 0.1) is 0 Å². The smallest absolute Gasteiger partial charge is 0.414 e. The maximum Gasteiger partial charge on any atom is 0.414 e. The van der Waals surface area contributed by atoms with Crippen molar-refractivity contribution in [3.63, 3.8) is 0 Å². The molecule has 9 heavy (non-hydrogen) atoms. The minimum Gasteiger partial charge on any atom is -0.481 e. The summed E-state index contributed by atoms with van der Waals surface area (Å²) in [5.41, 5.74) is 0. The largest absolute Gasteiger partial charge is 0.481 e. The van der Waals surface area contributed by atoms with Crippen molar-refractivity contribution in [1.29, 1.82) is 0 Å². The first-order valence-corrected chi connectivity index (χ1v) is 2.30. The van der Waals surface area contributed by atoms with Crippen LogP contribution in [-0.4, -0.2) is 25.2 Å². The Morgan fingerprint density at radius 3 is 2.44 bits per heavy atom. The molecule has 0 aromatic heterocycles. The Kier molecular flexibility index (Phi) is 1.34. The van der Waals surface area contributed by atoms with E-state index in [4.69, 9.17) is 0 Å². The number of alkyl halides is 3. The van der Waals surface area contributed by atoms with E-state index in [-0.39, 0.29) is 6.61 Å². The van der Waals surface area contributed by atoms with Gasteiger partial charge >= 0.3 is 6.18 Å². The fourth-order valence-corrected chi connectivity index (χ4v) is 0.473. The summed E-state index contributed by atoms with van der Waals surface area (Å²) >= 11 is 0. The molecule has 1 aliphatic heterocycles. The molecule has 0 radical (unpaired) electrons. The Morgan fingerprint density at radius 2 is 2.22 bits per heavy atom. The SMILES string of the molecule is FC(F)(F)C1COC=N1. The second-order valence-electron chi connectivity index (χ2n) is 1.65. The fourth-order valence-electron chi connectivity index (χ4n) is 0.473. The van der Waals surface area contributed by atoms with Gasteiger partial charge in [-0.05, 0) is 0 Å². The van der Waals surface area contributed by atoms with Crippen LogP contribution in [0, 0.1) is 0 Å². The summed E-state index contributed by atoms with van der Waals surface area (Å²) in [5.74, 6) is 0. The molecule has 5 heteroatoms. The van der Waals surface area contributed by atoms with Gasteiger partial charge in [-0.2, -0.15) is 13.2 Å². The standard InChI is InChI=1S/C4H4F3NO/c5-4(6,7)3-1-9-2-8-3/h2-3H,1H2. The maximum absolute atomic E-state index is 11.6. The summed E-state index contributed by atoms with van der Waals surface area (Å²) in [7, 11) is 0. The van der Waals surface area contributed by atoms with E-state index in [1.807, 2.05) is 0 Å². The highest BCUT2D eigenvalue weighted by Gasteiger charge is 2.41. The Morgan fingerprint density at radius 1 is 1.56 bits per heavy atom. The van der Waals surface area contributed by atoms with Crippen LogP contribution in [-0.2, 0) is 4.74 Å². The van der Waals surface area contributed by atoms with Crippen LogP contribution >= 0.6 is 0 Å². The molecule has 0 aromatic rings. The molecule has 0 saturated carbocycles. The molecule has 0 aliphatic carbocycles. The first kappa shape index (κ1) is 6.38. The lowest BCUT2D eigenvalue weighted by Gasteiger charge is -2.08. The van der Waals surface area contributed by atoms with Gasteiger partial charge in [-0.1, -0.05) is 0 Å². The van der Waals surface area contributed by atoms with E-state index >= 15 is 0 Å². The number of halogens is 3. The van der Waals surface area contributed by atoms with Crippen molar-refractivity contribution in [3.8, 4) is 0 Å². The third-order valence-corrected chi connectivity index (χ3v) is 0.947. The lowest BCUT2D eigenvalue weighted by molar-refractivity contribution is -0.148. The summed E-state index contributed by atoms with van der Waals surface area (Å²) in [5, 5.41) is 0. The van der Waals surface area contributed by atoms with Gasteiger partial charge in [0.2, 0.25) is 0 Å². The molecule has 1 aliphatic rings. The maximum atomic E-state index is 11.6. The number of hydrogen-bond acceptors (Lipinski definition) is 2. The molecule has 1 atom stereocenters. The van der Waals surface area contributed by atoms with E-state index in [1.165, 1.54) is 0 Å². The topological polar surface area (TPSA) is 21.6 Å². The van der Waals surface area contributed by atoms with E-state index in [0.29, 0.717) is 0 Å². The van der Waals surface area contributed by atoms with E-state index in [0.717, 1.165) is 6.40 Å². The number of aliphatic imine (C=N–C) groups is 1. The van der Waals surface area contributed by atoms with E-state index in [1.54, 1.807) is 0 Å². The van der Waals surface area contributed by atoms with Gasteiger partial charge in [-0.25, -0.2) is 4.99 Å². The molecule has 0 bridgehead atoms. The van der Waals surface area contributed by atoms with Crippen molar-refractivity contribution in [3.05, 3.63) is 0 Å². The molecule has 1 heterocycles. The third kappa shape index (κ3) is 1.34. The van der Waals surface area contributed by atoms with E-state index in [2.05, 4.69) is 9.73 Å². The summed E-state index contributed by atoms with van der Waals surface area (Å²) in [6.45, 7) is -0.372. The Hall–Kier alpha value is -0.740. The van der Waals surface area contributed by atoms with Gasteiger partial charge in [-0.3, -0.25) is 0 Å². The van der Waals surface area contributed by atoms with Gasteiger partial charge in [0, 0.05) is 0 Å². The first-order chi connectivity index (χ1) is 4.11. The zero-order valence-corrected chi connectivity index (χ0v) is 4.35. The summed E-state index contributed by atoms with van der Waals surface area (Å²) in [6.07, 6.45) is -3.41. The molecule has 0 N–H and O–H groups in total. The molecule has 52 valence electrons. The predicted octanol–water partition coefficient (Wildman–Crippen LogP) is 0.976. The summed E-state index contributed by atoms with van der Waals surface area (Å²) < 4.78 is 39.0. The zero-order valence-electron chi connectivity index (χ0n) is 4.35. The average molecular weight is 139 g/mol. The Bertz CT molecular complexity index is 130. The van der Waals surface area contributed by atoms with Crippen LogP contribution in [0.2, 0.25) is 0 Å². The Balaban J connectivity index is 2.53. The molecule has 0 spiro atoms. The normalized spacial score (nSPS) is 26.3. The van der Waals surface area contributed by atoms with Crippen molar-refractivity contribution in [1.82, 2.24) is 0 Å². The van der Waals surface area contributed by atoms with E-state index in [9.17, 15) is 13.2 Å². The van der Waals surface area contributed by atoms with Crippen LogP contribution in [0.25, 0.3) is 0 Å². The highest BCUT2D eigenvalue weighted by molar-refractivity contribution is 5.49. The monoisotopic (exact) mass is 139 g/mol. The molecule has 0 fully saturated rings. The van der Waals surface area contributed by atoms with Crippen LogP contribution in [0.1, 0.15) is 0 Å². The molecule has 0 aromatic carbocycles. The van der Waals surface area contributed by atoms with Crippen LogP contribution in [0.3, 0.4) is 0 Å².